The number of nitrogens with zero attached hydrogens (tertiary/aromatic N) is 3. The summed E-state index contributed by atoms with van der Waals surface area (Å²) in [6.45, 7) is 4.09. The van der Waals surface area contributed by atoms with Crippen LogP contribution in [-0.2, 0) is 0 Å². The Morgan fingerprint density at radius 3 is 2.73 bits per heavy atom. The molecule has 3 heterocycles. The number of halogens is 2. The van der Waals surface area contributed by atoms with E-state index >= 15 is 0 Å². The van der Waals surface area contributed by atoms with Crippen LogP contribution >= 0.6 is 27.5 Å². The molecule has 22 heavy (non-hydrogen) atoms. The zero-order chi connectivity index (χ0) is 15.9. The Morgan fingerprint density at radius 1 is 1.32 bits per heavy atom. The zero-order valence-corrected chi connectivity index (χ0v) is 14.2. The third-order valence-corrected chi connectivity index (χ3v) is 3.97. The van der Waals surface area contributed by atoms with Gasteiger partial charge in [-0.15, -0.1) is 0 Å². The van der Waals surface area contributed by atoms with E-state index in [1.165, 1.54) is 0 Å². The molecule has 112 valence electrons. The van der Waals surface area contributed by atoms with Gasteiger partial charge in [0.25, 0.3) is 0 Å². The lowest BCUT2D eigenvalue weighted by Crippen LogP contribution is -2.09. The fourth-order valence-electron chi connectivity index (χ4n) is 2.28. The van der Waals surface area contributed by atoms with Crippen LogP contribution in [0.25, 0.3) is 11.0 Å². The van der Waals surface area contributed by atoms with E-state index in [0.717, 1.165) is 10.0 Å². The van der Waals surface area contributed by atoms with Crippen molar-refractivity contribution in [1.82, 2.24) is 19.9 Å². The first-order chi connectivity index (χ1) is 10.5. The van der Waals surface area contributed by atoms with Gasteiger partial charge < -0.3 is 4.98 Å². The Bertz CT molecular complexity index is 858. The van der Waals surface area contributed by atoms with E-state index < -0.39 is 0 Å². The molecule has 0 aromatic carbocycles. The maximum Gasteiger partial charge on any atom is 0.230 e. The second kappa shape index (κ2) is 5.78. The summed E-state index contributed by atoms with van der Waals surface area (Å²) in [5.74, 6) is -0.0498. The van der Waals surface area contributed by atoms with E-state index in [2.05, 4.69) is 35.9 Å². The largest absolute Gasteiger partial charge is 0.346 e. The summed E-state index contributed by atoms with van der Waals surface area (Å²) >= 11 is 9.25. The first-order valence-electron chi connectivity index (χ1n) is 6.68. The molecule has 0 aliphatic rings. The van der Waals surface area contributed by atoms with E-state index in [4.69, 9.17) is 11.6 Å². The minimum Gasteiger partial charge on any atom is -0.346 e. The molecule has 0 aliphatic heterocycles. The fraction of sp³-hybridized carbons (Fsp3) is 0.200. The quantitative estimate of drug-likeness (QED) is 0.549. The van der Waals surface area contributed by atoms with Crippen molar-refractivity contribution in [3.63, 3.8) is 0 Å². The topological polar surface area (TPSA) is 71.5 Å². The van der Waals surface area contributed by atoms with Crippen molar-refractivity contribution in [3.05, 3.63) is 51.2 Å². The van der Waals surface area contributed by atoms with Gasteiger partial charge in [-0.25, -0.2) is 4.98 Å². The number of H-pyrrole nitrogens is 1. The number of aromatic nitrogens is 4. The molecule has 0 fully saturated rings. The van der Waals surface area contributed by atoms with Gasteiger partial charge in [-0.3, -0.25) is 9.78 Å². The highest BCUT2D eigenvalue weighted by Crippen LogP contribution is 2.28. The van der Waals surface area contributed by atoms with Gasteiger partial charge in [0.1, 0.15) is 17.0 Å². The van der Waals surface area contributed by atoms with E-state index in [1.54, 1.807) is 18.3 Å². The van der Waals surface area contributed by atoms with Crippen molar-refractivity contribution in [2.45, 2.75) is 19.8 Å². The molecule has 0 saturated heterocycles. The van der Waals surface area contributed by atoms with Crippen LogP contribution in [0.3, 0.4) is 0 Å². The normalized spacial score (nSPS) is 11.3. The highest BCUT2D eigenvalue weighted by atomic mass is 79.9. The number of aromatic amines is 1. The van der Waals surface area contributed by atoms with Crippen LogP contribution in [0.15, 0.2) is 29.0 Å². The molecule has 0 amide bonds. The summed E-state index contributed by atoms with van der Waals surface area (Å²) in [6, 6.07) is 3.41. The van der Waals surface area contributed by atoms with Crippen molar-refractivity contribution in [2.75, 3.05) is 0 Å². The Labute approximate surface area is 140 Å². The maximum atomic E-state index is 12.8. The monoisotopic (exact) mass is 378 g/mol. The molecule has 3 aromatic heterocycles. The number of hydrogen-bond donors (Lipinski definition) is 1. The molecule has 5 nitrogen and oxygen atoms in total. The van der Waals surface area contributed by atoms with Crippen LogP contribution in [0, 0.1) is 0 Å². The van der Waals surface area contributed by atoms with Gasteiger partial charge in [0, 0.05) is 16.9 Å². The SMILES string of the molecule is CC(C)c1c[nH]c2nc(Cl)nc(C(=O)c3ccc(Br)cn3)c12. The third kappa shape index (κ3) is 2.64. The van der Waals surface area contributed by atoms with Crippen molar-refractivity contribution in [1.29, 1.82) is 0 Å². The number of hydrogen-bond acceptors (Lipinski definition) is 4. The highest BCUT2D eigenvalue weighted by molar-refractivity contribution is 9.10. The third-order valence-electron chi connectivity index (χ3n) is 3.33. The molecule has 0 radical (unpaired) electrons. The number of ketones is 1. The number of fused-ring (bicyclic) bond motifs is 1. The van der Waals surface area contributed by atoms with Gasteiger partial charge in [-0.2, -0.15) is 4.98 Å². The average Bonchev–Trinajstić information content (AvgIpc) is 2.90. The molecule has 3 rings (SSSR count). The number of pyridine rings is 1. The Morgan fingerprint density at radius 2 is 2.09 bits per heavy atom. The highest BCUT2D eigenvalue weighted by Gasteiger charge is 2.22. The fourth-order valence-corrected chi connectivity index (χ4v) is 2.68. The minimum absolute atomic E-state index is 0.0325. The number of nitrogens with one attached hydrogen (secondary N) is 1. The Balaban J connectivity index is 2.22. The molecule has 0 saturated carbocycles. The van der Waals surface area contributed by atoms with Gasteiger partial charge in [0.2, 0.25) is 11.1 Å². The van der Waals surface area contributed by atoms with Gasteiger partial charge in [-0.05, 0) is 51.1 Å². The average molecular weight is 380 g/mol. The van der Waals surface area contributed by atoms with Gasteiger partial charge >= 0.3 is 0 Å². The predicted molar refractivity (Wildman–Crippen MR) is 88.4 cm³/mol. The molecule has 0 spiro atoms. The maximum absolute atomic E-state index is 12.8. The summed E-state index contributed by atoms with van der Waals surface area (Å²) in [5.41, 5.74) is 2.13. The van der Waals surface area contributed by atoms with Crippen molar-refractivity contribution in [3.8, 4) is 0 Å². The van der Waals surface area contributed by atoms with Crippen molar-refractivity contribution < 1.29 is 4.79 Å². The summed E-state index contributed by atoms with van der Waals surface area (Å²) in [6.07, 6.45) is 3.42. The smallest absolute Gasteiger partial charge is 0.230 e. The standard InChI is InChI=1S/C15H12BrClN4O/c1-7(2)9-6-19-14-11(9)12(20-15(17)21-14)13(22)10-4-3-8(16)5-18-10/h3-7H,1-2H3,(H,19,20,21). The number of carbonyl (C=O) groups excluding carboxylic acids is 1. The van der Waals surface area contributed by atoms with Gasteiger partial charge in [0.15, 0.2) is 0 Å². The van der Waals surface area contributed by atoms with E-state index in [1.807, 2.05) is 20.0 Å². The summed E-state index contributed by atoms with van der Waals surface area (Å²) in [4.78, 5) is 28.2. The van der Waals surface area contributed by atoms with Gasteiger partial charge in [-0.1, -0.05) is 13.8 Å². The van der Waals surface area contributed by atoms with E-state index in [0.29, 0.717) is 16.7 Å². The Kier molecular flexibility index (Phi) is 3.97. The lowest BCUT2D eigenvalue weighted by Gasteiger charge is -2.07. The van der Waals surface area contributed by atoms with E-state index in [9.17, 15) is 4.79 Å². The molecule has 0 aliphatic carbocycles. The van der Waals surface area contributed by atoms with Crippen LogP contribution in [0.2, 0.25) is 5.28 Å². The van der Waals surface area contributed by atoms with Crippen LogP contribution in [-0.4, -0.2) is 25.7 Å². The van der Waals surface area contributed by atoms with Crippen LogP contribution in [0.4, 0.5) is 0 Å². The number of carbonyl (C=O) groups is 1. The molecule has 0 unspecified atom stereocenters. The summed E-state index contributed by atoms with van der Waals surface area (Å²) in [7, 11) is 0. The molecule has 3 aromatic rings. The second-order valence-corrected chi connectivity index (χ2v) is 6.41. The van der Waals surface area contributed by atoms with Crippen LogP contribution in [0.5, 0.6) is 0 Å². The predicted octanol–water partition coefficient (Wildman–Crippen LogP) is 4.12. The summed E-state index contributed by atoms with van der Waals surface area (Å²) < 4.78 is 0.805. The van der Waals surface area contributed by atoms with E-state index in [-0.39, 0.29) is 22.7 Å². The molecule has 0 atom stereocenters. The molecule has 0 bridgehead atoms. The number of rotatable bonds is 3. The lowest BCUT2D eigenvalue weighted by atomic mass is 10.0. The minimum atomic E-state index is -0.275. The molecular formula is C15H12BrClN4O. The van der Waals surface area contributed by atoms with Gasteiger partial charge in [0.05, 0.1) is 5.39 Å². The first kappa shape index (κ1) is 15.1. The second-order valence-electron chi connectivity index (χ2n) is 5.15. The first-order valence-corrected chi connectivity index (χ1v) is 7.85. The zero-order valence-electron chi connectivity index (χ0n) is 11.9. The summed E-state index contributed by atoms with van der Waals surface area (Å²) in [5, 5.41) is 0.735. The van der Waals surface area contributed by atoms with Crippen molar-refractivity contribution in [2.24, 2.45) is 0 Å². The van der Waals surface area contributed by atoms with Crippen LogP contribution < -0.4 is 0 Å². The lowest BCUT2D eigenvalue weighted by molar-refractivity contribution is 0.103. The van der Waals surface area contributed by atoms with Crippen molar-refractivity contribution >= 4 is 44.3 Å². The Hall–Kier alpha value is -1.79. The molecule has 1 N–H and O–H groups in total. The van der Waals surface area contributed by atoms with Crippen LogP contribution in [0.1, 0.15) is 41.5 Å². The molecule has 7 heteroatoms. The molecular weight excluding hydrogens is 368 g/mol.